The average Bonchev–Trinajstić information content (AvgIpc) is 3.68. The minimum absolute atomic E-state index is 0.00990. The molecule has 4 heterocycles. The zero-order valence-electron chi connectivity index (χ0n) is 34.2. The van der Waals surface area contributed by atoms with Crippen LogP contribution in [0.25, 0.3) is 0 Å². The third-order valence-electron chi connectivity index (χ3n) is 16.3. The van der Waals surface area contributed by atoms with Crippen molar-refractivity contribution >= 4 is 0 Å². The fraction of sp³-hybridized carbons (Fsp3) is 0.907. The van der Waals surface area contributed by atoms with E-state index in [1.165, 1.54) is 7.11 Å². The number of allylic oxidation sites excluding steroid dienone is 1. The lowest BCUT2D eigenvalue weighted by Gasteiger charge is -2.65. The molecule has 0 bridgehead atoms. The van der Waals surface area contributed by atoms with Crippen LogP contribution >= 0.6 is 0 Å². The predicted molar refractivity (Wildman–Crippen MR) is 202 cm³/mol. The maximum absolute atomic E-state index is 12.6. The highest BCUT2D eigenvalue weighted by Gasteiger charge is 2.71. The van der Waals surface area contributed by atoms with Crippen molar-refractivity contribution in [3.8, 4) is 0 Å². The number of ether oxygens (including phenoxy) is 8. The van der Waals surface area contributed by atoms with Crippen LogP contribution in [0, 0.1) is 34.5 Å². The summed E-state index contributed by atoms with van der Waals surface area (Å²) in [6.07, 6.45) is 1.11. The van der Waals surface area contributed by atoms with Gasteiger partial charge in [0, 0.05) is 31.8 Å². The van der Waals surface area contributed by atoms with Gasteiger partial charge < -0.3 is 63.4 Å². The van der Waals surface area contributed by atoms with Crippen molar-refractivity contribution in [3.05, 3.63) is 24.0 Å². The molecule has 0 amide bonds. The Hall–Kier alpha value is -1.20. The average molecular weight is 793 g/mol. The lowest BCUT2D eigenvalue weighted by atomic mass is 9.42. The number of aliphatic hydroxyl groups excluding tert-OH is 4. The van der Waals surface area contributed by atoms with Crippen LogP contribution in [-0.4, -0.2) is 131 Å². The number of fused-ring (bicyclic) bond motifs is 5. The molecule has 7 fully saturated rings. The van der Waals surface area contributed by atoms with Crippen LogP contribution < -0.4 is 0 Å². The largest absolute Gasteiger partial charge is 0.490 e. The van der Waals surface area contributed by atoms with E-state index in [1.807, 2.05) is 19.9 Å². The maximum atomic E-state index is 12.6. The Morgan fingerprint density at radius 2 is 1.27 bits per heavy atom. The molecule has 8 rings (SSSR count). The summed E-state index contributed by atoms with van der Waals surface area (Å²) in [5.41, 5.74) is -0.395. The van der Waals surface area contributed by atoms with Gasteiger partial charge in [0.2, 0.25) is 0 Å². The lowest BCUT2D eigenvalue weighted by Crippen LogP contribution is -2.67. The predicted octanol–water partition coefficient (Wildman–Crippen LogP) is 3.86. The minimum Gasteiger partial charge on any atom is -0.490 e. The van der Waals surface area contributed by atoms with Crippen molar-refractivity contribution in [2.24, 2.45) is 34.5 Å². The first-order valence-corrected chi connectivity index (χ1v) is 21.5. The molecule has 0 spiro atoms. The second-order valence-corrected chi connectivity index (χ2v) is 19.2. The van der Waals surface area contributed by atoms with Crippen molar-refractivity contribution in [2.45, 2.75) is 197 Å². The summed E-state index contributed by atoms with van der Waals surface area (Å²) < 4.78 is 48.4. The number of hydrogen-bond acceptors (Lipinski definition) is 13. The number of methoxy groups -OCH3 is 1. The molecule has 0 aromatic carbocycles. The van der Waals surface area contributed by atoms with E-state index in [-0.39, 0.29) is 54.6 Å². The van der Waals surface area contributed by atoms with Crippen molar-refractivity contribution in [3.63, 3.8) is 0 Å². The zero-order valence-corrected chi connectivity index (χ0v) is 34.2. The third-order valence-corrected chi connectivity index (χ3v) is 16.3. The molecule has 8 aliphatic rings. The van der Waals surface area contributed by atoms with Crippen LogP contribution in [-0.2, 0) is 37.9 Å². The summed E-state index contributed by atoms with van der Waals surface area (Å²) in [6.45, 7) is 14.5. The van der Waals surface area contributed by atoms with Crippen LogP contribution in [0.1, 0.15) is 105 Å². The lowest BCUT2D eigenvalue weighted by molar-refractivity contribution is -0.336. The molecule has 4 aliphatic carbocycles. The molecule has 2 unspecified atom stereocenters. The Kier molecular flexibility index (Phi) is 11.6. The Bertz CT molecular complexity index is 1420. The third kappa shape index (κ3) is 7.05. The SMILES string of the molecule is C=C1C=C([C@H]2CC[C@]3(O)C4CC[C@@H]5C[C@@H](O[C@H]6C[C@H](O)[C@H](O[C@H]7C[C@H](O)[C@H](O[C@H]8C[C@H](O)[C@H](OC)[C@@H](C)O8)[C@@H](C)O7)[C@@H](C)O6)CC[C@]5(C)C4C[C@@H](O)[C@]23C)CO1. The van der Waals surface area contributed by atoms with Gasteiger partial charge in [0.25, 0.3) is 0 Å². The normalized spacial score (nSPS) is 54.8. The monoisotopic (exact) mass is 792 g/mol. The fourth-order valence-electron chi connectivity index (χ4n) is 13.2. The Labute approximate surface area is 332 Å². The van der Waals surface area contributed by atoms with Crippen molar-refractivity contribution in [2.75, 3.05) is 13.7 Å². The molecule has 4 aliphatic heterocycles. The molecule has 3 saturated heterocycles. The van der Waals surface area contributed by atoms with E-state index in [9.17, 15) is 25.5 Å². The van der Waals surface area contributed by atoms with Crippen molar-refractivity contribution < 1.29 is 63.4 Å². The minimum atomic E-state index is -0.927. The molecule has 0 aromatic heterocycles. The van der Waals surface area contributed by atoms with Gasteiger partial charge in [0.05, 0.1) is 54.4 Å². The van der Waals surface area contributed by atoms with Crippen LogP contribution in [0.3, 0.4) is 0 Å². The quantitative estimate of drug-likeness (QED) is 0.225. The summed E-state index contributed by atoms with van der Waals surface area (Å²) >= 11 is 0. The fourth-order valence-corrected chi connectivity index (χ4v) is 13.2. The van der Waals surface area contributed by atoms with E-state index >= 15 is 0 Å². The van der Waals surface area contributed by atoms with E-state index in [4.69, 9.17) is 37.9 Å². The molecule has 0 radical (unpaired) electrons. The summed E-state index contributed by atoms with van der Waals surface area (Å²) in [5.74, 6) is 1.53. The van der Waals surface area contributed by atoms with Gasteiger partial charge in [-0.3, -0.25) is 0 Å². The number of hydrogen-bond donors (Lipinski definition) is 5. The second kappa shape index (κ2) is 15.7. The highest BCUT2D eigenvalue weighted by molar-refractivity contribution is 5.32. The van der Waals surface area contributed by atoms with E-state index in [2.05, 4.69) is 20.4 Å². The molecule has 21 atom stereocenters. The molecular weight excluding hydrogens is 724 g/mol. The summed E-state index contributed by atoms with van der Waals surface area (Å²) in [7, 11) is 1.54. The first-order chi connectivity index (χ1) is 26.5. The summed E-state index contributed by atoms with van der Waals surface area (Å²) in [5, 5.41) is 57.5. The standard InChI is InChI=1S/C43H68O13/c1-21-14-25(20-50-21)28-11-13-43(48)29-9-8-26-15-27(10-12-41(26,5)30(29)16-34(47)42(28,43)6)54-35-18-32(45)39(23(3)52-35)56-37-19-33(46)40(24(4)53-37)55-36-17-31(44)38(49-7)22(2)51-36/h14,22-24,26-40,44-48H,1,8-13,15-20H2,2-7H3/t22-,23-,24-,26-,27+,28-,29?,30?,31+,32+,33+,34-,35+,36+,37+,38-,39-,40-,41+,42+,43+/m1/s1. The van der Waals surface area contributed by atoms with Gasteiger partial charge in [-0.25, -0.2) is 0 Å². The van der Waals surface area contributed by atoms with Crippen molar-refractivity contribution in [1.82, 2.24) is 0 Å². The van der Waals surface area contributed by atoms with Gasteiger partial charge in [0.15, 0.2) is 18.9 Å². The first kappa shape index (κ1) is 41.5. The van der Waals surface area contributed by atoms with E-state index in [0.717, 1.165) is 44.1 Å². The summed E-state index contributed by atoms with van der Waals surface area (Å²) in [4.78, 5) is 0. The molecule has 13 nitrogen and oxygen atoms in total. The first-order valence-electron chi connectivity index (χ1n) is 21.5. The second-order valence-electron chi connectivity index (χ2n) is 19.2. The van der Waals surface area contributed by atoms with Crippen LogP contribution in [0.2, 0.25) is 0 Å². The molecule has 0 aromatic rings. The Morgan fingerprint density at radius 1 is 0.696 bits per heavy atom. The number of aliphatic hydroxyl groups is 5. The maximum Gasteiger partial charge on any atom is 0.161 e. The van der Waals surface area contributed by atoms with Crippen molar-refractivity contribution in [1.29, 1.82) is 0 Å². The molecule has 5 N–H and O–H groups in total. The van der Waals surface area contributed by atoms with Gasteiger partial charge in [-0.2, -0.15) is 0 Å². The molecule has 13 heteroatoms. The highest BCUT2D eigenvalue weighted by Crippen LogP contribution is 2.70. The molecule has 318 valence electrons. The van der Waals surface area contributed by atoms with E-state index in [1.54, 1.807) is 6.92 Å². The Morgan fingerprint density at radius 3 is 1.80 bits per heavy atom. The van der Waals surface area contributed by atoms with E-state index in [0.29, 0.717) is 31.1 Å². The Balaban J connectivity index is 0.832. The van der Waals surface area contributed by atoms with Crippen LogP contribution in [0.4, 0.5) is 0 Å². The van der Waals surface area contributed by atoms with Crippen LogP contribution in [0.5, 0.6) is 0 Å². The highest BCUT2D eigenvalue weighted by atomic mass is 16.7. The van der Waals surface area contributed by atoms with Crippen LogP contribution in [0.15, 0.2) is 24.0 Å². The topological polar surface area (TPSA) is 175 Å². The van der Waals surface area contributed by atoms with Gasteiger partial charge in [-0.15, -0.1) is 0 Å². The molecule has 4 saturated carbocycles. The summed E-state index contributed by atoms with van der Waals surface area (Å²) in [6, 6.07) is 0. The van der Waals surface area contributed by atoms with Gasteiger partial charge in [-0.05, 0) is 113 Å². The van der Waals surface area contributed by atoms with E-state index < -0.39 is 84.8 Å². The smallest absolute Gasteiger partial charge is 0.161 e. The molecular formula is C43H68O13. The van der Waals surface area contributed by atoms with Gasteiger partial charge >= 0.3 is 0 Å². The molecule has 56 heavy (non-hydrogen) atoms. The zero-order chi connectivity index (χ0) is 39.9. The van der Waals surface area contributed by atoms with Gasteiger partial charge in [0.1, 0.15) is 30.7 Å². The van der Waals surface area contributed by atoms with Gasteiger partial charge in [-0.1, -0.05) is 20.4 Å². The number of rotatable bonds is 8.